The molecule has 1 aliphatic carbocycles. The second kappa shape index (κ2) is 3.44. The summed E-state index contributed by atoms with van der Waals surface area (Å²) < 4.78 is 5.78. The van der Waals surface area contributed by atoms with Crippen LogP contribution in [0.4, 0.5) is 0 Å². The van der Waals surface area contributed by atoms with Crippen LogP contribution in [0.1, 0.15) is 24.7 Å². The quantitative estimate of drug-likeness (QED) is 0.856. The van der Waals surface area contributed by atoms with Crippen molar-refractivity contribution in [3.63, 3.8) is 0 Å². The van der Waals surface area contributed by atoms with E-state index in [1.807, 2.05) is 0 Å². The highest BCUT2D eigenvalue weighted by atomic mass is 79.9. The normalized spacial score (nSPS) is 21.5. The number of rotatable bonds is 3. The fourth-order valence-corrected chi connectivity index (χ4v) is 1.80. The molecule has 1 aliphatic rings. The summed E-state index contributed by atoms with van der Waals surface area (Å²) in [6.45, 7) is 0. The number of furan rings is 1. The van der Waals surface area contributed by atoms with Crippen LogP contribution >= 0.6 is 15.9 Å². The van der Waals surface area contributed by atoms with Gasteiger partial charge in [0.15, 0.2) is 0 Å². The first-order chi connectivity index (χ1) is 6.20. The van der Waals surface area contributed by atoms with Gasteiger partial charge in [-0.05, 0) is 40.8 Å². The van der Waals surface area contributed by atoms with Crippen molar-refractivity contribution in [2.24, 2.45) is 5.92 Å². The summed E-state index contributed by atoms with van der Waals surface area (Å²) >= 11 is 3.24. The van der Waals surface area contributed by atoms with E-state index in [0.29, 0.717) is 10.2 Å². The molecule has 4 heteroatoms. The molecular formula is C9H11BrO3. The SMILES string of the molecule is OC(c1occc1Br)C(O)C1CC1. The molecule has 2 N–H and O–H groups in total. The second-order valence-corrected chi connectivity index (χ2v) is 4.26. The molecule has 1 heterocycles. The third kappa shape index (κ3) is 1.80. The van der Waals surface area contributed by atoms with Crippen molar-refractivity contribution in [2.75, 3.05) is 0 Å². The maximum absolute atomic E-state index is 9.70. The molecule has 0 aliphatic heterocycles. The van der Waals surface area contributed by atoms with Crippen LogP contribution in [0.3, 0.4) is 0 Å². The number of aliphatic hydroxyl groups excluding tert-OH is 2. The highest BCUT2D eigenvalue weighted by molar-refractivity contribution is 9.10. The maximum Gasteiger partial charge on any atom is 0.149 e. The van der Waals surface area contributed by atoms with Crippen molar-refractivity contribution in [3.8, 4) is 0 Å². The molecule has 0 aromatic carbocycles. The first-order valence-electron chi connectivity index (χ1n) is 4.29. The number of hydrogen-bond acceptors (Lipinski definition) is 3. The fraction of sp³-hybridized carbons (Fsp3) is 0.556. The van der Waals surface area contributed by atoms with Gasteiger partial charge in [0.2, 0.25) is 0 Å². The minimum absolute atomic E-state index is 0.243. The molecular weight excluding hydrogens is 236 g/mol. The molecule has 0 spiro atoms. The number of aliphatic hydroxyl groups is 2. The average Bonchev–Trinajstić information content (AvgIpc) is 2.87. The number of halogens is 1. The summed E-state index contributed by atoms with van der Waals surface area (Å²) in [5.74, 6) is 0.659. The van der Waals surface area contributed by atoms with Gasteiger partial charge in [-0.25, -0.2) is 0 Å². The molecule has 0 bridgehead atoms. The van der Waals surface area contributed by atoms with Crippen molar-refractivity contribution in [1.29, 1.82) is 0 Å². The first-order valence-corrected chi connectivity index (χ1v) is 5.08. The summed E-state index contributed by atoms with van der Waals surface area (Å²) in [6.07, 6.45) is 1.88. The van der Waals surface area contributed by atoms with Crippen LogP contribution in [-0.4, -0.2) is 16.3 Å². The van der Waals surface area contributed by atoms with Gasteiger partial charge in [-0.1, -0.05) is 0 Å². The lowest BCUT2D eigenvalue weighted by atomic mass is 10.1. The summed E-state index contributed by atoms with van der Waals surface area (Å²) in [7, 11) is 0. The van der Waals surface area contributed by atoms with E-state index < -0.39 is 12.2 Å². The topological polar surface area (TPSA) is 53.6 Å². The predicted octanol–water partition coefficient (Wildman–Crippen LogP) is 1.85. The monoisotopic (exact) mass is 246 g/mol. The van der Waals surface area contributed by atoms with E-state index in [1.165, 1.54) is 6.26 Å². The predicted molar refractivity (Wildman–Crippen MR) is 50.1 cm³/mol. The lowest BCUT2D eigenvalue weighted by Gasteiger charge is -2.15. The van der Waals surface area contributed by atoms with Gasteiger partial charge in [0.05, 0.1) is 16.8 Å². The van der Waals surface area contributed by atoms with E-state index in [4.69, 9.17) is 4.42 Å². The molecule has 0 amide bonds. The molecule has 0 saturated heterocycles. The minimum Gasteiger partial charge on any atom is -0.465 e. The van der Waals surface area contributed by atoms with Crippen molar-refractivity contribution < 1.29 is 14.6 Å². The Bertz CT molecular complexity index is 293. The average molecular weight is 247 g/mol. The third-order valence-corrected chi connectivity index (χ3v) is 3.00. The van der Waals surface area contributed by atoms with Crippen LogP contribution in [-0.2, 0) is 0 Å². The van der Waals surface area contributed by atoms with E-state index in [0.717, 1.165) is 12.8 Å². The van der Waals surface area contributed by atoms with E-state index in [1.54, 1.807) is 6.07 Å². The highest BCUT2D eigenvalue weighted by Gasteiger charge is 2.36. The van der Waals surface area contributed by atoms with Crippen molar-refractivity contribution in [2.45, 2.75) is 25.0 Å². The molecule has 2 unspecified atom stereocenters. The Morgan fingerprint density at radius 3 is 2.62 bits per heavy atom. The zero-order valence-electron chi connectivity index (χ0n) is 6.98. The molecule has 1 fully saturated rings. The molecule has 3 nitrogen and oxygen atoms in total. The molecule has 2 rings (SSSR count). The summed E-state index contributed by atoms with van der Waals surface area (Å²) in [6, 6.07) is 1.71. The summed E-state index contributed by atoms with van der Waals surface area (Å²) in [5, 5.41) is 19.3. The molecule has 1 saturated carbocycles. The standard InChI is InChI=1S/C9H11BrO3/c10-6-3-4-13-9(6)8(12)7(11)5-1-2-5/h3-5,7-8,11-12H,1-2H2. The van der Waals surface area contributed by atoms with Gasteiger partial charge in [-0.3, -0.25) is 0 Å². The van der Waals surface area contributed by atoms with Crippen LogP contribution in [0.5, 0.6) is 0 Å². The van der Waals surface area contributed by atoms with Gasteiger partial charge in [0.25, 0.3) is 0 Å². The molecule has 1 aromatic rings. The third-order valence-electron chi connectivity index (χ3n) is 2.34. The smallest absolute Gasteiger partial charge is 0.149 e. The Kier molecular flexibility index (Phi) is 2.45. The molecule has 0 radical (unpaired) electrons. The largest absolute Gasteiger partial charge is 0.465 e. The van der Waals surface area contributed by atoms with Gasteiger partial charge in [-0.2, -0.15) is 0 Å². The molecule has 1 aromatic heterocycles. The molecule has 13 heavy (non-hydrogen) atoms. The number of hydrogen-bond donors (Lipinski definition) is 2. The summed E-state index contributed by atoms with van der Waals surface area (Å²) in [5.41, 5.74) is 0. The maximum atomic E-state index is 9.70. The Morgan fingerprint density at radius 1 is 1.46 bits per heavy atom. The Morgan fingerprint density at radius 2 is 2.15 bits per heavy atom. The Balaban J connectivity index is 2.11. The van der Waals surface area contributed by atoms with E-state index >= 15 is 0 Å². The molecule has 72 valence electrons. The van der Waals surface area contributed by atoms with Crippen molar-refractivity contribution in [1.82, 2.24) is 0 Å². The van der Waals surface area contributed by atoms with Crippen LogP contribution in [0.25, 0.3) is 0 Å². The van der Waals surface area contributed by atoms with Crippen molar-refractivity contribution >= 4 is 15.9 Å². The lowest BCUT2D eigenvalue weighted by Crippen LogP contribution is -2.20. The first kappa shape index (κ1) is 9.24. The van der Waals surface area contributed by atoms with E-state index in [-0.39, 0.29) is 5.92 Å². The van der Waals surface area contributed by atoms with Gasteiger partial charge in [0, 0.05) is 0 Å². The zero-order chi connectivity index (χ0) is 9.42. The fourth-order valence-electron chi connectivity index (χ4n) is 1.37. The van der Waals surface area contributed by atoms with Gasteiger partial charge >= 0.3 is 0 Å². The zero-order valence-corrected chi connectivity index (χ0v) is 8.57. The van der Waals surface area contributed by atoms with E-state index in [2.05, 4.69) is 15.9 Å². The second-order valence-electron chi connectivity index (χ2n) is 3.41. The summed E-state index contributed by atoms with van der Waals surface area (Å²) in [4.78, 5) is 0. The van der Waals surface area contributed by atoms with Crippen LogP contribution in [0.15, 0.2) is 21.2 Å². The highest BCUT2D eigenvalue weighted by Crippen LogP contribution is 2.39. The lowest BCUT2D eigenvalue weighted by molar-refractivity contribution is -0.00764. The molecule has 2 atom stereocenters. The van der Waals surface area contributed by atoms with Gasteiger partial charge in [0.1, 0.15) is 11.9 Å². The van der Waals surface area contributed by atoms with Crippen LogP contribution < -0.4 is 0 Å². The van der Waals surface area contributed by atoms with Crippen LogP contribution in [0, 0.1) is 5.92 Å². The Hall–Kier alpha value is -0.320. The van der Waals surface area contributed by atoms with Crippen LogP contribution in [0.2, 0.25) is 0 Å². The minimum atomic E-state index is -0.906. The van der Waals surface area contributed by atoms with Gasteiger partial charge < -0.3 is 14.6 Å². The van der Waals surface area contributed by atoms with Gasteiger partial charge in [-0.15, -0.1) is 0 Å². The Labute approximate surface area is 84.5 Å². The van der Waals surface area contributed by atoms with E-state index in [9.17, 15) is 10.2 Å². The van der Waals surface area contributed by atoms with Crippen molar-refractivity contribution in [3.05, 3.63) is 22.6 Å².